The molecule has 3 rings (SSSR count). The monoisotopic (exact) mass is 1600 g/mol. The molecule has 0 radical (unpaired) electrons. The van der Waals surface area contributed by atoms with Crippen molar-refractivity contribution in [3.05, 3.63) is 41.7 Å². The molecule has 1 aromatic heterocycles. The minimum atomic E-state index is -4.07. The molecule has 8 amide bonds. The SMILES string of the molecule is CC(C)(C)[SiH](c1ccc(C(=O)NCC(C(=O)NC(CCCCNC(=O)CCC(=O)NCCCC(NC(=O)CC[C@H](NC(=O)N[C@@H](CCC(=O)O)C(=O)O)C(=O)O)C(=O)O)C(=O)O)n2cc(CNC(=O)CCP(=O)(O)CN3CCN(CPCCC(=O)O)CCN(CP(=O)(O)CCC(=O)O)CC3)nn2)cc1)C(C)(C)C. The largest absolute Gasteiger partial charge is 0.481 e. The highest BCUT2D eigenvalue weighted by Crippen LogP contribution is 2.44. The molecule has 606 valence electrons. The number of aromatic nitrogens is 3. The zero-order valence-electron chi connectivity index (χ0n) is 61.7. The number of hydrogen-bond donors (Lipinski definition) is 17. The Morgan fingerprint density at radius 3 is 1.46 bits per heavy atom. The summed E-state index contributed by atoms with van der Waals surface area (Å²) in [6, 6.07) is -1.86. The molecule has 2 heterocycles. The van der Waals surface area contributed by atoms with Gasteiger partial charge in [-0.15, -0.1) is 13.7 Å². The van der Waals surface area contributed by atoms with Crippen LogP contribution in [0.15, 0.2) is 30.5 Å². The number of unbranched alkanes of at least 4 members (excludes halogenated alkanes) is 1. The highest BCUT2D eigenvalue weighted by molar-refractivity contribution is 7.58. The van der Waals surface area contributed by atoms with Crippen LogP contribution in [0, 0.1) is 0 Å². The van der Waals surface area contributed by atoms with Gasteiger partial charge in [0.15, 0.2) is 0 Å². The summed E-state index contributed by atoms with van der Waals surface area (Å²) in [4.78, 5) is 200. The summed E-state index contributed by atoms with van der Waals surface area (Å²) in [7, 11) is -9.38. The smallest absolute Gasteiger partial charge is 0.326 e. The number of carbonyl (C=O) groups is 14. The number of benzene rings is 1. The van der Waals surface area contributed by atoms with Crippen molar-refractivity contribution >= 4 is 121 Å². The van der Waals surface area contributed by atoms with Crippen molar-refractivity contribution in [3.8, 4) is 0 Å². The van der Waals surface area contributed by atoms with Gasteiger partial charge in [-0.2, -0.15) is 0 Å². The average molecular weight is 1610 g/mol. The van der Waals surface area contributed by atoms with Crippen molar-refractivity contribution in [2.45, 2.75) is 178 Å². The lowest BCUT2D eigenvalue weighted by Crippen LogP contribution is -2.51. The highest BCUT2D eigenvalue weighted by Gasteiger charge is 2.38. The summed E-state index contributed by atoms with van der Waals surface area (Å²) >= 11 is 0. The first-order chi connectivity index (χ1) is 50.4. The van der Waals surface area contributed by atoms with Gasteiger partial charge in [0, 0.05) is 122 Å². The zero-order chi connectivity index (χ0) is 81.1. The molecule has 6 unspecified atom stereocenters. The summed E-state index contributed by atoms with van der Waals surface area (Å²) in [5, 5.41) is 94.2. The third-order valence-corrected chi connectivity index (χ3v) is 26.5. The first kappa shape index (κ1) is 93.9. The number of urea groups is 1. The Labute approximate surface area is 628 Å². The van der Waals surface area contributed by atoms with Crippen molar-refractivity contribution in [1.82, 2.24) is 72.2 Å². The first-order valence-electron chi connectivity index (χ1n) is 35.3. The Balaban J connectivity index is 1.61. The predicted molar refractivity (Wildman–Crippen MR) is 395 cm³/mol. The lowest BCUT2D eigenvalue weighted by atomic mass is 10.1. The van der Waals surface area contributed by atoms with Gasteiger partial charge >= 0.3 is 47.8 Å². The molecule has 17 N–H and O–H groups in total. The van der Waals surface area contributed by atoms with Crippen LogP contribution in [0.3, 0.4) is 0 Å². The second-order valence-corrected chi connectivity index (χ2v) is 39.7. The predicted octanol–water partition coefficient (Wildman–Crippen LogP) is 0.203. The molecule has 0 bridgehead atoms. The number of rotatable bonds is 49. The van der Waals surface area contributed by atoms with E-state index in [0.717, 1.165) is 9.87 Å². The van der Waals surface area contributed by atoms with Gasteiger partial charge in [0.2, 0.25) is 44.3 Å². The molecule has 1 aliphatic rings. The van der Waals surface area contributed by atoms with E-state index in [0.29, 0.717) is 38.6 Å². The molecule has 43 heteroatoms. The van der Waals surface area contributed by atoms with Crippen molar-refractivity contribution in [2.75, 3.05) is 96.2 Å². The number of aliphatic carboxylic acids is 7. The molecule has 1 aromatic carbocycles. The van der Waals surface area contributed by atoms with Crippen LogP contribution in [-0.4, -0.2) is 288 Å². The minimum absolute atomic E-state index is 0.00318. The molecular weight excluding hydrogens is 1500 g/mol. The van der Waals surface area contributed by atoms with Crippen LogP contribution >= 0.6 is 23.3 Å². The number of carboxylic acid groups (broad SMARTS) is 7. The fourth-order valence-electron chi connectivity index (χ4n) is 12.0. The molecular formula is C65H107N14O25P3Si. The van der Waals surface area contributed by atoms with Gasteiger partial charge in [-0.1, -0.05) is 64.1 Å². The lowest BCUT2D eigenvalue weighted by Gasteiger charge is -2.39. The average Bonchev–Trinajstić information content (AvgIpc) is 0.946. The molecule has 0 aliphatic carbocycles. The second kappa shape index (κ2) is 46.2. The summed E-state index contributed by atoms with van der Waals surface area (Å²) in [6.45, 7) is 14.2. The van der Waals surface area contributed by atoms with Crippen LogP contribution in [0.1, 0.15) is 154 Å². The minimum Gasteiger partial charge on any atom is -0.481 e. The van der Waals surface area contributed by atoms with Crippen molar-refractivity contribution in [3.63, 3.8) is 0 Å². The standard InChI is InChI=1S/C65H107N14O25P3Si/c1-64(2,3)108(65(4,5)6)44-14-12-42(13-15-44)57(90)69-37-49(79-38-43(74-75-79)36-68-52(82)23-34-106(101,102)40-77-29-27-76(39-105-33-22-55(86)87)28-30-78(32-31-77)41-107(103,104)35-24-56(88)89)58(91)71-46(60(94)95)10-7-8-25-66-50(80)19-20-51(81)67-26-9-11-45(59(92)93)70-53(83)18-16-47(61(96)97)72-63(100)73-48(62(98)99)17-21-54(84)85/h12-15,38,45-49,105,108H,7-11,16-37,39-41H2,1-6H3,(H,66,80)(H,67,81)(H,68,82)(H,69,90)(H,70,83)(H,71,91)(H,84,85)(H,86,87)(H,88,89)(H,92,93)(H,94,95)(H,96,97)(H,98,99)(H,101,102)(H,103,104)(H2,72,73,100)/t45?,46?,47-,48-,49?/m0/s1. The maximum Gasteiger partial charge on any atom is 0.326 e. The van der Waals surface area contributed by atoms with E-state index in [9.17, 15) is 106 Å². The molecule has 2 aromatic rings. The van der Waals surface area contributed by atoms with Crippen LogP contribution in [0.25, 0.3) is 0 Å². The van der Waals surface area contributed by atoms with Crippen LogP contribution in [0.2, 0.25) is 10.1 Å². The van der Waals surface area contributed by atoms with E-state index in [2.05, 4.69) is 83.8 Å². The zero-order valence-corrected chi connectivity index (χ0v) is 65.6. The number of carbonyl (C=O) groups excluding carboxylic acids is 7. The van der Waals surface area contributed by atoms with E-state index < -0.39 is 194 Å². The molecule has 1 saturated heterocycles. The van der Waals surface area contributed by atoms with Gasteiger partial charge in [0.1, 0.15) is 35.9 Å². The van der Waals surface area contributed by atoms with E-state index in [4.69, 9.17) is 15.3 Å². The summed E-state index contributed by atoms with van der Waals surface area (Å²) < 4.78 is 27.9. The van der Waals surface area contributed by atoms with Crippen molar-refractivity contribution < 1.29 is 122 Å². The van der Waals surface area contributed by atoms with Crippen molar-refractivity contribution in [2.24, 2.45) is 0 Å². The van der Waals surface area contributed by atoms with Crippen LogP contribution < -0.4 is 47.7 Å². The fraction of sp³-hybridized carbons (Fsp3) is 0.662. The maximum absolute atomic E-state index is 14.2. The van der Waals surface area contributed by atoms with E-state index in [1.165, 1.54) is 6.20 Å². The number of hydrogen-bond acceptors (Lipinski definition) is 21. The normalized spacial score (nSPS) is 15.9. The van der Waals surface area contributed by atoms with Gasteiger partial charge in [-0.05, 0) is 73.3 Å². The quantitative estimate of drug-likeness (QED) is 0.0239. The first-order valence-corrected chi connectivity index (χ1v) is 42.5. The highest BCUT2D eigenvalue weighted by atomic mass is 31.2. The van der Waals surface area contributed by atoms with E-state index in [-0.39, 0.29) is 127 Å². The Hall–Kier alpha value is -8.35. The van der Waals surface area contributed by atoms with Gasteiger partial charge in [-0.3, -0.25) is 67.0 Å². The molecule has 1 aliphatic heterocycles. The van der Waals surface area contributed by atoms with Gasteiger partial charge in [0.05, 0.1) is 40.5 Å². The second-order valence-electron chi connectivity index (χ2n) is 28.5. The number of amides is 8. The number of nitrogens with one attached hydrogen (secondary N) is 8. The van der Waals surface area contributed by atoms with E-state index in [1.54, 1.807) is 21.9 Å². The fourth-order valence-corrected chi connectivity index (χ4v) is 21.6. The van der Waals surface area contributed by atoms with E-state index >= 15 is 0 Å². The van der Waals surface area contributed by atoms with Crippen LogP contribution in [0.5, 0.6) is 0 Å². The van der Waals surface area contributed by atoms with Gasteiger partial charge in [-0.25, -0.2) is 28.7 Å². The van der Waals surface area contributed by atoms with Crippen LogP contribution in [-0.2, 0) is 73.2 Å². The summed E-state index contributed by atoms with van der Waals surface area (Å²) in [6.07, 6.45) is -3.03. The van der Waals surface area contributed by atoms with Crippen molar-refractivity contribution in [1.29, 1.82) is 0 Å². The van der Waals surface area contributed by atoms with Gasteiger partial charge in [0.25, 0.3) is 5.91 Å². The molecule has 108 heavy (non-hydrogen) atoms. The van der Waals surface area contributed by atoms with E-state index in [1.807, 2.05) is 27.7 Å². The topological polar surface area (TPSA) is 592 Å². The Morgan fingerprint density at radius 2 is 0.963 bits per heavy atom. The lowest BCUT2D eigenvalue weighted by molar-refractivity contribution is -0.143. The molecule has 0 saturated carbocycles. The molecule has 1 fully saturated rings. The Bertz CT molecular complexity index is 3490. The maximum atomic E-state index is 14.2. The molecule has 8 atom stereocenters. The molecule has 0 spiro atoms. The Morgan fingerprint density at radius 1 is 0.509 bits per heavy atom. The number of nitrogens with zero attached hydrogens (tertiary/aromatic N) is 6. The summed E-state index contributed by atoms with van der Waals surface area (Å²) in [5.41, 5.74) is 0.379. The molecule has 39 nitrogen and oxygen atoms in total. The van der Waals surface area contributed by atoms with Gasteiger partial charge < -0.3 is 88.1 Å². The number of carboxylic acids is 7. The Kier molecular flexibility index (Phi) is 40.2. The third-order valence-electron chi connectivity index (χ3n) is 17.2. The van der Waals surface area contributed by atoms with Crippen LogP contribution in [0.4, 0.5) is 4.79 Å². The summed E-state index contributed by atoms with van der Waals surface area (Å²) in [5.74, 6) is -13.7. The third kappa shape index (κ3) is 38.1.